The molecule has 1 aromatic rings. The van der Waals surface area contributed by atoms with Gasteiger partial charge < -0.3 is 4.74 Å². The van der Waals surface area contributed by atoms with Gasteiger partial charge in [-0.1, -0.05) is 0 Å². The molecule has 0 aliphatic carbocycles. The van der Waals surface area contributed by atoms with E-state index in [9.17, 15) is 0 Å². The molecule has 0 radical (unpaired) electrons. The number of thioether (sulfide) groups is 1. The van der Waals surface area contributed by atoms with E-state index in [2.05, 4.69) is 9.97 Å². The lowest BCUT2D eigenvalue weighted by Crippen LogP contribution is -1.96. The number of hydrogen-bond donors (Lipinski definition) is 0. The highest BCUT2D eigenvalue weighted by molar-refractivity contribution is 7.99. The molecule has 0 N–H and O–H groups in total. The van der Waals surface area contributed by atoms with E-state index >= 15 is 0 Å². The minimum Gasteiger partial charge on any atom is -0.384 e. The van der Waals surface area contributed by atoms with Crippen LogP contribution in [0.4, 0.5) is 0 Å². The molecule has 0 saturated heterocycles. The third kappa shape index (κ3) is 4.85. The summed E-state index contributed by atoms with van der Waals surface area (Å²) in [6.45, 7) is 0.828. The fourth-order valence-corrected chi connectivity index (χ4v) is 1.73. The van der Waals surface area contributed by atoms with Crippen molar-refractivity contribution in [3.05, 3.63) is 24.3 Å². The van der Waals surface area contributed by atoms with Gasteiger partial charge >= 0.3 is 0 Å². The first-order valence-corrected chi connectivity index (χ1v) is 5.40. The van der Waals surface area contributed by atoms with Gasteiger partial charge in [-0.3, -0.25) is 0 Å². The van der Waals surface area contributed by atoms with Crippen molar-refractivity contribution in [3.8, 4) is 0 Å². The van der Waals surface area contributed by atoms with Gasteiger partial charge in [-0.2, -0.15) is 11.8 Å². The minimum absolute atomic E-state index is 0.828. The lowest BCUT2D eigenvalue weighted by molar-refractivity contribution is 0.218. The summed E-state index contributed by atoms with van der Waals surface area (Å²) in [5.74, 6) is 2.15. The fraction of sp³-hybridized carbons (Fsp3) is 0.556. The van der Waals surface area contributed by atoms with E-state index in [4.69, 9.17) is 4.74 Å². The highest BCUT2D eigenvalue weighted by atomic mass is 32.2. The van der Waals surface area contributed by atoms with E-state index in [0.717, 1.165) is 30.2 Å². The Morgan fingerprint density at radius 2 is 2.38 bits per heavy atom. The largest absolute Gasteiger partial charge is 0.384 e. The van der Waals surface area contributed by atoms with Crippen molar-refractivity contribution in [2.75, 3.05) is 25.2 Å². The zero-order chi connectivity index (χ0) is 9.36. The predicted octanol–water partition coefficient (Wildman–Crippen LogP) is 1.40. The molecule has 1 aromatic heterocycles. The lowest BCUT2D eigenvalue weighted by atomic mass is 10.3. The molecule has 0 aromatic carbocycles. The molecule has 0 saturated carbocycles. The van der Waals surface area contributed by atoms with Crippen molar-refractivity contribution in [2.45, 2.75) is 6.42 Å². The summed E-state index contributed by atoms with van der Waals surface area (Å²) in [6.07, 6.45) is 4.38. The number of methoxy groups -OCH3 is 1. The number of hydrogen-bond acceptors (Lipinski definition) is 4. The molecule has 72 valence electrons. The van der Waals surface area contributed by atoms with Crippen LogP contribution in [0.2, 0.25) is 0 Å². The summed E-state index contributed by atoms with van der Waals surface area (Å²) in [4.78, 5) is 8.01. The Bertz CT molecular complexity index is 218. The maximum Gasteiger partial charge on any atom is 0.115 e. The summed E-state index contributed by atoms with van der Waals surface area (Å²) in [5, 5.41) is 0. The van der Waals surface area contributed by atoms with Crippen LogP contribution < -0.4 is 0 Å². The molecule has 1 rings (SSSR count). The van der Waals surface area contributed by atoms with Gasteiger partial charge in [-0.05, 0) is 18.2 Å². The molecule has 0 aliphatic rings. The number of nitrogens with zero attached hydrogens (tertiary/aromatic N) is 2. The van der Waals surface area contributed by atoms with Gasteiger partial charge in [0.05, 0.1) is 6.61 Å². The predicted molar refractivity (Wildman–Crippen MR) is 54.9 cm³/mol. The second-order valence-corrected chi connectivity index (χ2v) is 3.78. The van der Waals surface area contributed by atoms with Crippen molar-refractivity contribution in [3.63, 3.8) is 0 Å². The van der Waals surface area contributed by atoms with Crippen molar-refractivity contribution >= 4 is 11.8 Å². The van der Waals surface area contributed by atoms with Gasteiger partial charge in [-0.25, -0.2) is 9.97 Å². The molecule has 0 aliphatic heterocycles. The molecule has 0 bridgehead atoms. The summed E-state index contributed by atoms with van der Waals surface area (Å²) < 4.78 is 4.95. The molecule has 0 atom stereocenters. The summed E-state index contributed by atoms with van der Waals surface area (Å²) >= 11 is 1.89. The maximum atomic E-state index is 4.95. The van der Waals surface area contributed by atoms with Gasteiger partial charge in [0, 0.05) is 24.8 Å². The molecule has 0 amide bonds. The Kier molecular flexibility index (Phi) is 5.52. The number of aryl methyl sites for hydroxylation is 1. The van der Waals surface area contributed by atoms with Gasteiger partial charge in [0.25, 0.3) is 0 Å². The molecular weight excluding hydrogens is 184 g/mol. The maximum absolute atomic E-state index is 4.95. The monoisotopic (exact) mass is 198 g/mol. The highest BCUT2D eigenvalue weighted by Gasteiger charge is 1.93. The van der Waals surface area contributed by atoms with E-state index in [1.54, 1.807) is 19.6 Å². The average Bonchev–Trinajstić information content (AvgIpc) is 2.19. The van der Waals surface area contributed by atoms with Crippen LogP contribution in [0.25, 0.3) is 0 Å². The van der Waals surface area contributed by atoms with Crippen LogP contribution in [-0.4, -0.2) is 35.2 Å². The Hall–Kier alpha value is -0.610. The van der Waals surface area contributed by atoms with E-state index < -0.39 is 0 Å². The Balaban J connectivity index is 2.07. The molecular formula is C9H14N2OS. The topological polar surface area (TPSA) is 35.0 Å². The van der Waals surface area contributed by atoms with Gasteiger partial charge in [-0.15, -0.1) is 0 Å². The first-order chi connectivity index (χ1) is 6.43. The number of aromatic nitrogens is 2. The van der Waals surface area contributed by atoms with Crippen LogP contribution in [0.5, 0.6) is 0 Å². The van der Waals surface area contributed by atoms with Gasteiger partial charge in [0.1, 0.15) is 6.33 Å². The van der Waals surface area contributed by atoms with Crippen LogP contribution >= 0.6 is 11.8 Å². The molecule has 1 heterocycles. The van der Waals surface area contributed by atoms with Crippen molar-refractivity contribution in [1.82, 2.24) is 9.97 Å². The summed E-state index contributed by atoms with van der Waals surface area (Å²) in [7, 11) is 1.73. The second kappa shape index (κ2) is 6.86. The molecule has 13 heavy (non-hydrogen) atoms. The van der Waals surface area contributed by atoms with Gasteiger partial charge in [0.2, 0.25) is 0 Å². The first-order valence-electron chi connectivity index (χ1n) is 4.25. The zero-order valence-electron chi connectivity index (χ0n) is 7.77. The lowest BCUT2D eigenvalue weighted by Gasteiger charge is -1.99. The summed E-state index contributed by atoms with van der Waals surface area (Å²) in [6, 6.07) is 1.96. The minimum atomic E-state index is 0.828. The van der Waals surface area contributed by atoms with Crippen LogP contribution in [0.3, 0.4) is 0 Å². The highest BCUT2D eigenvalue weighted by Crippen LogP contribution is 2.03. The van der Waals surface area contributed by atoms with E-state index in [-0.39, 0.29) is 0 Å². The smallest absolute Gasteiger partial charge is 0.115 e. The van der Waals surface area contributed by atoms with E-state index in [1.165, 1.54) is 0 Å². The van der Waals surface area contributed by atoms with E-state index in [0.29, 0.717) is 0 Å². The molecule has 4 heteroatoms. The van der Waals surface area contributed by atoms with Crippen LogP contribution in [-0.2, 0) is 11.2 Å². The van der Waals surface area contributed by atoms with Crippen LogP contribution in [0.1, 0.15) is 5.69 Å². The molecule has 3 nitrogen and oxygen atoms in total. The number of ether oxygens (including phenoxy) is 1. The van der Waals surface area contributed by atoms with Crippen LogP contribution in [0, 0.1) is 0 Å². The summed E-state index contributed by atoms with van der Waals surface area (Å²) in [5.41, 5.74) is 1.11. The van der Waals surface area contributed by atoms with Crippen molar-refractivity contribution < 1.29 is 4.74 Å². The second-order valence-electron chi connectivity index (χ2n) is 2.56. The van der Waals surface area contributed by atoms with Crippen molar-refractivity contribution in [1.29, 1.82) is 0 Å². The molecule has 0 fully saturated rings. The van der Waals surface area contributed by atoms with E-state index in [1.807, 2.05) is 17.8 Å². The Labute approximate surface area is 82.9 Å². The van der Waals surface area contributed by atoms with Crippen LogP contribution in [0.15, 0.2) is 18.6 Å². The third-order valence-electron chi connectivity index (χ3n) is 1.58. The molecule has 0 spiro atoms. The zero-order valence-corrected chi connectivity index (χ0v) is 8.59. The normalized spacial score (nSPS) is 10.2. The fourth-order valence-electron chi connectivity index (χ4n) is 0.887. The SMILES string of the molecule is COCCSCCc1ccncn1. The van der Waals surface area contributed by atoms with Gasteiger partial charge in [0.15, 0.2) is 0 Å². The average molecular weight is 198 g/mol. The molecule has 0 unspecified atom stereocenters. The van der Waals surface area contributed by atoms with Crippen molar-refractivity contribution in [2.24, 2.45) is 0 Å². The third-order valence-corrected chi connectivity index (χ3v) is 2.53. The Morgan fingerprint density at radius 3 is 3.08 bits per heavy atom. The Morgan fingerprint density at radius 1 is 1.46 bits per heavy atom. The standard InChI is InChI=1S/C9H14N2OS/c1-12-5-7-13-6-3-9-2-4-10-8-11-9/h2,4,8H,3,5-7H2,1H3. The quantitative estimate of drug-likeness (QED) is 0.647. The number of rotatable bonds is 6. The first kappa shape index (κ1) is 10.5.